The van der Waals surface area contributed by atoms with Crippen LogP contribution in [0.15, 0.2) is 65.6 Å². The van der Waals surface area contributed by atoms with Crippen molar-refractivity contribution in [1.29, 1.82) is 0 Å². The van der Waals surface area contributed by atoms with E-state index >= 15 is 0 Å². The Labute approximate surface area is 234 Å². The van der Waals surface area contributed by atoms with Gasteiger partial charge in [-0.3, -0.25) is 9.21 Å². The second-order valence-corrected chi connectivity index (χ2v) is 12.8. The van der Waals surface area contributed by atoms with E-state index in [1.807, 2.05) is 44.2 Å². The molecule has 39 heavy (non-hydrogen) atoms. The minimum Gasteiger partial charge on any atom is -0.378 e. The number of allylic oxidation sites excluding steroid dienone is 1. The molecule has 2 saturated heterocycles. The lowest BCUT2D eigenvalue weighted by Crippen LogP contribution is -2.64. The van der Waals surface area contributed by atoms with Crippen LogP contribution in [0.3, 0.4) is 0 Å². The highest BCUT2D eigenvalue weighted by molar-refractivity contribution is 7.92. The van der Waals surface area contributed by atoms with Crippen molar-refractivity contribution < 1.29 is 17.5 Å². The van der Waals surface area contributed by atoms with Gasteiger partial charge in [0.25, 0.3) is 10.0 Å². The first-order chi connectivity index (χ1) is 18.7. The van der Waals surface area contributed by atoms with Gasteiger partial charge in [0.2, 0.25) is 0 Å². The number of aryl methyl sites for hydroxylation is 1. The van der Waals surface area contributed by atoms with Crippen LogP contribution in [0, 0.1) is 12.7 Å². The fraction of sp³-hybridized carbons (Fsp3) is 0.333. The molecule has 0 radical (unpaired) electrons. The molecule has 1 atom stereocenters. The summed E-state index contributed by atoms with van der Waals surface area (Å²) in [6, 6.07) is 17.9. The van der Waals surface area contributed by atoms with Crippen molar-refractivity contribution in [2.75, 3.05) is 48.6 Å². The average molecular weight is 568 g/mol. The SMILES string of the molecule is C/C(=C\c1ccc2c(c1)N(S(=O)(=O)c1cccc(C)c1)C[C@@H]1CN(C3COC3)CCN21)c1c(F)cccc1Cl. The summed E-state index contributed by atoms with van der Waals surface area (Å²) in [6.45, 7) is 8.01. The molecule has 3 aliphatic heterocycles. The molecule has 2 fully saturated rings. The van der Waals surface area contributed by atoms with Crippen molar-refractivity contribution >= 4 is 44.6 Å². The van der Waals surface area contributed by atoms with Gasteiger partial charge in [-0.15, -0.1) is 0 Å². The van der Waals surface area contributed by atoms with E-state index in [1.54, 1.807) is 34.6 Å². The van der Waals surface area contributed by atoms with Gasteiger partial charge >= 0.3 is 0 Å². The normalized spacial score (nSPS) is 20.4. The molecule has 0 saturated carbocycles. The zero-order valence-corrected chi connectivity index (χ0v) is 23.6. The number of fused-ring (bicyclic) bond motifs is 3. The maximum absolute atomic E-state index is 14.6. The molecular formula is C30H31ClFN3O3S. The quantitative estimate of drug-likeness (QED) is 0.384. The number of sulfonamides is 1. The van der Waals surface area contributed by atoms with Gasteiger partial charge in [0.1, 0.15) is 5.82 Å². The largest absolute Gasteiger partial charge is 0.378 e. The number of benzene rings is 3. The van der Waals surface area contributed by atoms with Crippen molar-refractivity contribution in [3.05, 3.63) is 88.2 Å². The van der Waals surface area contributed by atoms with Crippen LogP contribution in [0.4, 0.5) is 15.8 Å². The molecule has 0 N–H and O–H groups in total. The number of nitrogens with zero attached hydrogens (tertiary/aromatic N) is 3. The van der Waals surface area contributed by atoms with E-state index in [4.69, 9.17) is 16.3 Å². The Balaban J connectivity index is 1.43. The molecule has 6 rings (SSSR count). The van der Waals surface area contributed by atoms with Crippen LogP contribution in [0.1, 0.15) is 23.6 Å². The van der Waals surface area contributed by atoms with Crippen molar-refractivity contribution in [1.82, 2.24) is 4.90 Å². The fourth-order valence-electron chi connectivity index (χ4n) is 5.81. The van der Waals surface area contributed by atoms with Gasteiger partial charge in [-0.1, -0.05) is 41.9 Å². The van der Waals surface area contributed by atoms with E-state index in [-0.39, 0.29) is 10.9 Å². The lowest BCUT2D eigenvalue weighted by molar-refractivity contribution is -0.0695. The van der Waals surface area contributed by atoms with Gasteiger partial charge < -0.3 is 9.64 Å². The molecule has 3 heterocycles. The monoisotopic (exact) mass is 567 g/mol. The highest BCUT2D eigenvalue weighted by Gasteiger charge is 2.42. The Morgan fingerprint density at radius 2 is 1.79 bits per heavy atom. The summed E-state index contributed by atoms with van der Waals surface area (Å²) >= 11 is 6.31. The van der Waals surface area contributed by atoms with Crippen LogP contribution in [0.2, 0.25) is 5.02 Å². The first-order valence-corrected chi connectivity index (χ1v) is 15.0. The summed E-state index contributed by atoms with van der Waals surface area (Å²) in [6.07, 6.45) is 1.85. The molecule has 0 aliphatic carbocycles. The number of hydrogen-bond donors (Lipinski definition) is 0. The third-order valence-electron chi connectivity index (χ3n) is 7.92. The van der Waals surface area contributed by atoms with Gasteiger partial charge in [-0.2, -0.15) is 0 Å². The number of hydrogen-bond acceptors (Lipinski definition) is 5. The van der Waals surface area contributed by atoms with E-state index in [9.17, 15) is 12.8 Å². The van der Waals surface area contributed by atoms with Gasteiger partial charge in [0.05, 0.1) is 53.1 Å². The second kappa shape index (κ2) is 10.2. The van der Waals surface area contributed by atoms with Crippen LogP contribution in [-0.4, -0.2) is 64.8 Å². The molecule has 3 aromatic carbocycles. The lowest BCUT2D eigenvalue weighted by atomic mass is 10.00. The van der Waals surface area contributed by atoms with Crippen LogP contribution >= 0.6 is 11.6 Å². The molecular weight excluding hydrogens is 537 g/mol. The van der Waals surface area contributed by atoms with Gasteiger partial charge in [0, 0.05) is 25.2 Å². The van der Waals surface area contributed by atoms with Crippen molar-refractivity contribution in [3.63, 3.8) is 0 Å². The lowest BCUT2D eigenvalue weighted by Gasteiger charge is -2.51. The summed E-state index contributed by atoms with van der Waals surface area (Å²) in [5.74, 6) is -0.393. The van der Waals surface area contributed by atoms with Gasteiger partial charge in [0.15, 0.2) is 0 Å². The summed E-state index contributed by atoms with van der Waals surface area (Å²) in [5.41, 5.74) is 4.20. The molecule has 6 nitrogen and oxygen atoms in total. The van der Waals surface area contributed by atoms with Crippen molar-refractivity contribution in [3.8, 4) is 0 Å². The smallest absolute Gasteiger partial charge is 0.264 e. The molecule has 3 aliphatic rings. The van der Waals surface area contributed by atoms with Crippen LogP contribution in [0.25, 0.3) is 11.6 Å². The number of rotatable bonds is 5. The van der Waals surface area contributed by atoms with Crippen LogP contribution in [-0.2, 0) is 14.8 Å². The predicted octanol–water partition coefficient (Wildman–Crippen LogP) is 5.45. The summed E-state index contributed by atoms with van der Waals surface area (Å²) in [7, 11) is -3.83. The minimum atomic E-state index is -3.83. The molecule has 3 aromatic rings. The molecule has 0 aromatic heterocycles. The van der Waals surface area contributed by atoms with Crippen LogP contribution < -0.4 is 9.21 Å². The van der Waals surface area contributed by atoms with E-state index in [0.29, 0.717) is 34.4 Å². The topological polar surface area (TPSA) is 53.1 Å². The Morgan fingerprint density at radius 3 is 2.51 bits per heavy atom. The molecule has 0 spiro atoms. The van der Waals surface area contributed by atoms with E-state index in [0.717, 1.165) is 49.7 Å². The highest BCUT2D eigenvalue weighted by Crippen LogP contribution is 2.41. The predicted molar refractivity (Wildman–Crippen MR) is 154 cm³/mol. The van der Waals surface area contributed by atoms with Gasteiger partial charge in [-0.05, 0) is 66.9 Å². The third-order valence-corrected chi connectivity index (χ3v) is 10.0. The molecule has 0 unspecified atom stereocenters. The number of ether oxygens (including phenoxy) is 1. The zero-order valence-electron chi connectivity index (χ0n) is 22.0. The Hall–Kier alpha value is -2.91. The van der Waals surface area contributed by atoms with Crippen molar-refractivity contribution in [2.24, 2.45) is 0 Å². The number of piperazine rings is 1. The zero-order chi connectivity index (χ0) is 27.3. The van der Waals surface area contributed by atoms with E-state index in [1.165, 1.54) is 6.07 Å². The summed E-state index contributed by atoms with van der Waals surface area (Å²) in [4.78, 5) is 5.03. The van der Waals surface area contributed by atoms with Crippen LogP contribution in [0.5, 0.6) is 0 Å². The Kier molecular flexibility index (Phi) is 6.91. The van der Waals surface area contributed by atoms with E-state index < -0.39 is 15.8 Å². The number of halogens is 2. The second-order valence-electron chi connectivity index (χ2n) is 10.6. The molecule has 9 heteroatoms. The Bertz CT molecular complexity index is 1540. The fourth-order valence-corrected chi connectivity index (χ4v) is 7.73. The number of anilines is 2. The maximum Gasteiger partial charge on any atom is 0.264 e. The standard InChI is InChI=1S/C30H31ClFN3O3S/c1-20-5-3-6-25(13-20)39(36,37)35-17-23-16-33(24-18-38-19-24)11-12-34(23)28-10-9-22(15-29(28)35)14-21(2)30-26(31)7-4-8-27(30)32/h3-10,13-15,23-24H,11-12,16-19H2,1-2H3/b21-14+/t23-/m0/s1. The summed E-state index contributed by atoms with van der Waals surface area (Å²) in [5, 5.41) is 0.336. The average Bonchev–Trinajstić information content (AvgIpc) is 2.87. The Morgan fingerprint density at radius 1 is 1.00 bits per heavy atom. The first-order valence-electron chi connectivity index (χ1n) is 13.2. The molecule has 0 bridgehead atoms. The van der Waals surface area contributed by atoms with Crippen molar-refractivity contribution in [2.45, 2.75) is 30.8 Å². The molecule has 204 valence electrons. The van der Waals surface area contributed by atoms with E-state index in [2.05, 4.69) is 9.80 Å². The third kappa shape index (κ3) is 4.84. The first kappa shape index (κ1) is 26.3. The molecule has 0 amide bonds. The minimum absolute atomic E-state index is 0.0202. The highest BCUT2D eigenvalue weighted by atomic mass is 35.5. The van der Waals surface area contributed by atoms with Gasteiger partial charge in [-0.25, -0.2) is 12.8 Å². The summed E-state index contributed by atoms with van der Waals surface area (Å²) < 4.78 is 49.8. The maximum atomic E-state index is 14.6.